The molecule has 2 aliphatic rings. The molecule has 4 nitrogen and oxygen atoms in total. The van der Waals surface area contributed by atoms with Gasteiger partial charge in [-0.2, -0.15) is 0 Å². The highest BCUT2D eigenvalue weighted by atomic mass is 32.2. The molecule has 5 heteroatoms. The monoisotopic (exact) mass is 469 g/mol. The Morgan fingerprint density at radius 3 is 2.29 bits per heavy atom. The number of hydrogen-bond acceptors (Lipinski definition) is 3. The van der Waals surface area contributed by atoms with Gasteiger partial charge in [0, 0.05) is 17.8 Å². The number of aryl methyl sites for hydroxylation is 1. The van der Waals surface area contributed by atoms with Gasteiger partial charge in [0.25, 0.3) is 10.0 Å². The Labute approximate surface area is 200 Å². The van der Waals surface area contributed by atoms with Crippen LogP contribution in [-0.2, 0) is 15.4 Å². The Bertz CT molecular complexity index is 1450. The Hall–Kier alpha value is -3.31. The summed E-state index contributed by atoms with van der Waals surface area (Å²) < 4.78 is 33.9. The van der Waals surface area contributed by atoms with Gasteiger partial charge in [0.15, 0.2) is 0 Å². The summed E-state index contributed by atoms with van der Waals surface area (Å²) in [4.78, 5) is 0.317. The molecular formula is C29H27NO3S. The Balaban J connectivity index is 1.52. The number of nitrogens with zero attached hydrogens (tertiary/aromatic N) is 1. The van der Waals surface area contributed by atoms with Crippen LogP contribution in [0.4, 0.5) is 0 Å². The standard InChI is InChI=1S/C29H27NO3S/c1-20-8-14-25(15-9-20)34(31,32)30-18-26-22-16-27(21-6-4-3-5-7-21)29(17-22,28(26)19-30)23-10-12-24(33-2)13-11-23/h3-15,18-19,22,27H,16-17H2,1-2H3/t22-,27-,29+/m0/s1. The molecule has 1 heterocycles. The molecule has 3 atom stereocenters. The minimum atomic E-state index is -3.66. The minimum Gasteiger partial charge on any atom is -0.497 e. The van der Waals surface area contributed by atoms with E-state index in [-0.39, 0.29) is 11.3 Å². The molecule has 0 aliphatic heterocycles. The molecule has 1 aromatic heterocycles. The fraction of sp³-hybridized carbons (Fsp3) is 0.241. The van der Waals surface area contributed by atoms with E-state index >= 15 is 0 Å². The van der Waals surface area contributed by atoms with Gasteiger partial charge in [-0.05, 0) is 78.1 Å². The van der Waals surface area contributed by atoms with Crippen molar-refractivity contribution in [3.8, 4) is 5.75 Å². The summed E-state index contributed by atoms with van der Waals surface area (Å²) in [5.41, 5.74) is 5.60. The maximum Gasteiger partial charge on any atom is 0.267 e. The van der Waals surface area contributed by atoms with Gasteiger partial charge >= 0.3 is 0 Å². The SMILES string of the molecule is COc1ccc([C@]23C[C@H](C[C@H]2c2ccccc2)c2cn(S(=O)(=O)c4ccc(C)cc4)cc23)cc1. The normalized spacial score (nSPS) is 23.1. The van der Waals surface area contributed by atoms with Crippen LogP contribution >= 0.6 is 0 Å². The highest BCUT2D eigenvalue weighted by molar-refractivity contribution is 7.90. The van der Waals surface area contributed by atoms with Gasteiger partial charge in [0.2, 0.25) is 0 Å². The molecule has 0 saturated heterocycles. The molecule has 4 aromatic rings. The van der Waals surface area contributed by atoms with Crippen molar-refractivity contribution in [3.63, 3.8) is 0 Å². The van der Waals surface area contributed by atoms with Crippen LogP contribution in [0.3, 0.4) is 0 Å². The van der Waals surface area contributed by atoms with Gasteiger partial charge in [-0.25, -0.2) is 12.4 Å². The van der Waals surface area contributed by atoms with Crippen molar-refractivity contribution in [1.82, 2.24) is 3.97 Å². The molecule has 0 unspecified atom stereocenters. The van der Waals surface area contributed by atoms with Crippen LogP contribution < -0.4 is 4.74 Å². The van der Waals surface area contributed by atoms with E-state index in [4.69, 9.17) is 4.74 Å². The second-order valence-electron chi connectivity index (χ2n) is 9.58. The first-order valence-corrected chi connectivity index (χ1v) is 13.1. The van der Waals surface area contributed by atoms with Crippen LogP contribution in [0.5, 0.6) is 5.75 Å². The van der Waals surface area contributed by atoms with E-state index in [1.165, 1.54) is 20.7 Å². The first-order chi connectivity index (χ1) is 16.4. The van der Waals surface area contributed by atoms with Crippen LogP contribution in [0.2, 0.25) is 0 Å². The second-order valence-corrected chi connectivity index (χ2v) is 11.4. The summed E-state index contributed by atoms with van der Waals surface area (Å²) in [6.45, 7) is 1.96. The Kier molecular flexibility index (Phi) is 4.75. The lowest BCUT2D eigenvalue weighted by molar-refractivity contribution is 0.413. The average molecular weight is 470 g/mol. The molecule has 0 amide bonds. The van der Waals surface area contributed by atoms with Crippen molar-refractivity contribution in [3.05, 3.63) is 119 Å². The molecule has 2 aliphatic carbocycles. The molecule has 172 valence electrons. The first-order valence-electron chi connectivity index (χ1n) is 11.7. The molecule has 0 N–H and O–H groups in total. The van der Waals surface area contributed by atoms with Crippen LogP contribution in [0, 0.1) is 6.92 Å². The predicted octanol–water partition coefficient (Wildman–Crippen LogP) is 6.00. The molecule has 3 aromatic carbocycles. The number of hydrogen-bond donors (Lipinski definition) is 0. The van der Waals surface area contributed by atoms with Crippen LogP contribution in [0.25, 0.3) is 0 Å². The zero-order chi connectivity index (χ0) is 23.5. The van der Waals surface area contributed by atoms with Crippen LogP contribution in [0.1, 0.15) is 52.5 Å². The van der Waals surface area contributed by atoms with Crippen molar-refractivity contribution in [2.45, 2.75) is 41.9 Å². The lowest BCUT2D eigenvalue weighted by atomic mass is 9.66. The number of methoxy groups -OCH3 is 1. The first kappa shape index (κ1) is 21.2. The zero-order valence-electron chi connectivity index (χ0n) is 19.3. The molecule has 0 spiro atoms. The van der Waals surface area contributed by atoms with Crippen LogP contribution in [-0.4, -0.2) is 19.5 Å². The third-order valence-electron chi connectivity index (χ3n) is 7.84. The van der Waals surface area contributed by atoms with Crippen molar-refractivity contribution in [2.24, 2.45) is 0 Å². The van der Waals surface area contributed by atoms with E-state index in [1.807, 2.05) is 49.6 Å². The van der Waals surface area contributed by atoms with Gasteiger partial charge in [0.05, 0.1) is 12.0 Å². The molecule has 6 rings (SSSR count). The highest BCUT2D eigenvalue weighted by Crippen LogP contribution is 2.66. The van der Waals surface area contributed by atoms with Gasteiger partial charge < -0.3 is 4.74 Å². The largest absolute Gasteiger partial charge is 0.497 e. The van der Waals surface area contributed by atoms with Gasteiger partial charge in [-0.1, -0.05) is 60.2 Å². The highest BCUT2D eigenvalue weighted by Gasteiger charge is 2.57. The third-order valence-corrected chi connectivity index (χ3v) is 9.47. The van der Waals surface area contributed by atoms with E-state index in [0.717, 1.165) is 29.7 Å². The second kappa shape index (κ2) is 7.60. The summed E-state index contributed by atoms with van der Waals surface area (Å²) >= 11 is 0. The summed E-state index contributed by atoms with van der Waals surface area (Å²) in [6.07, 6.45) is 5.75. The van der Waals surface area contributed by atoms with Gasteiger partial charge in [-0.3, -0.25) is 0 Å². The van der Waals surface area contributed by atoms with E-state index in [9.17, 15) is 8.42 Å². The van der Waals surface area contributed by atoms with E-state index in [1.54, 1.807) is 19.2 Å². The summed E-state index contributed by atoms with van der Waals surface area (Å²) in [5.74, 6) is 1.44. The fourth-order valence-electron chi connectivity index (χ4n) is 6.22. The van der Waals surface area contributed by atoms with E-state index in [2.05, 4.69) is 36.4 Å². The number of fused-ring (bicyclic) bond motifs is 5. The minimum absolute atomic E-state index is 0.262. The van der Waals surface area contributed by atoms with Crippen molar-refractivity contribution in [2.75, 3.05) is 7.11 Å². The zero-order valence-corrected chi connectivity index (χ0v) is 20.1. The lowest BCUT2D eigenvalue weighted by Gasteiger charge is -2.37. The lowest BCUT2D eigenvalue weighted by Crippen LogP contribution is -2.30. The van der Waals surface area contributed by atoms with Crippen molar-refractivity contribution >= 4 is 10.0 Å². The predicted molar refractivity (Wildman–Crippen MR) is 133 cm³/mol. The number of rotatable bonds is 5. The smallest absolute Gasteiger partial charge is 0.267 e. The van der Waals surface area contributed by atoms with Crippen molar-refractivity contribution in [1.29, 1.82) is 0 Å². The molecule has 2 bridgehead atoms. The fourth-order valence-corrected chi connectivity index (χ4v) is 7.44. The summed E-state index contributed by atoms with van der Waals surface area (Å²) in [7, 11) is -1.98. The summed E-state index contributed by atoms with van der Waals surface area (Å²) in [5, 5.41) is 0. The number of aromatic nitrogens is 1. The van der Waals surface area contributed by atoms with E-state index in [0.29, 0.717) is 10.8 Å². The van der Waals surface area contributed by atoms with E-state index < -0.39 is 10.0 Å². The third kappa shape index (κ3) is 3.00. The Morgan fingerprint density at radius 1 is 0.912 bits per heavy atom. The molecule has 1 fully saturated rings. The molecule has 34 heavy (non-hydrogen) atoms. The topological polar surface area (TPSA) is 48.3 Å². The molecular weight excluding hydrogens is 442 g/mol. The maximum atomic E-state index is 13.5. The number of benzene rings is 3. The average Bonchev–Trinajstić information content (AvgIpc) is 3.56. The van der Waals surface area contributed by atoms with Crippen molar-refractivity contribution < 1.29 is 13.2 Å². The summed E-state index contributed by atoms with van der Waals surface area (Å²) in [6, 6.07) is 26.0. The quantitative estimate of drug-likeness (QED) is 0.360. The molecule has 1 saturated carbocycles. The number of ether oxygens (including phenoxy) is 1. The van der Waals surface area contributed by atoms with Crippen LogP contribution in [0.15, 0.2) is 96.2 Å². The van der Waals surface area contributed by atoms with Gasteiger partial charge in [0.1, 0.15) is 5.75 Å². The maximum absolute atomic E-state index is 13.5. The Morgan fingerprint density at radius 2 is 1.62 bits per heavy atom. The van der Waals surface area contributed by atoms with Gasteiger partial charge in [-0.15, -0.1) is 0 Å². The molecule has 0 radical (unpaired) electrons.